The monoisotopic (exact) mass is 466 g/mol. The molecule has 1 atom stereocenters. The minimum Gasteiger partial charge on any atom is -0.364 e. The Bertz CT molecular complexity index is 1140. The highest BCUT2D eigenvalue weighted by Gasteiger charge is 2.35. The molecule has 0 aromatic carbocycles. The van der Waals surface area contributed by atoms with Gasteiger partial charge in [0.15, 0.2) is 0 Å². The first kappa shape index (κ1) is 23.1. The van der Waals surface area contributed by atoms with E-state index in [4.69, 9.17) is 5.73 Å². The summed E-state index contributed by atoms with van der Waals surface area (Å²) in [6.07, 6.45) is 5.80. The van der Waals surface area contributed by atoms with Crippen LogP contribution < -0.4 is 11.1 Å². The molecular formula is C24H30N6O2S. The van der Waals surface area contributed by atoms with Crippen LogP contribution in [0, 0.1) is 25.7 Å². The van der Waals surface area contributed by atoms with E-state index in [1.54, 1.807) is 19.3 Å². The Morgan fingerprint density at radius 3 is 2.48 bits per heavy atom. The first-order chi connectivity index (χ1) is 15.7. The lowest BCUT2D eigenvalue weighted by atomic mass is 9.75. The number of hydrogen-bond acceptors (Lipinski definition) is 6. The molecule has 0 spiro atoms. The Kier molecular flexibility index (Phi) is 6.60. The minimum atomic E-state index is -0.557. The zero-order chi connectivity index (χ0) is 23.7. The smallest absolute Gasteiger partial charge is 0.266 e. The lowest BCUT2D eigenvalue weighted by Gasteiger charge is -2.31. The molecule has 0 radical (unpaired) electrons. The van der Waals surface area contributed by atoms with E-state index in [1.165, 1.54) is 16.2 Å². The van der Waals surface area contributed by atoms with Gasteiger partial charge in [-0.05, 0) is 68.3 Å². The Morgan fingerprint density at radius 1 is 1.21 bits per heavy atom. The van der Waals surface area contributed by atoms with Crippen molar-refractivity contribution in [2.45, 2.75) is 52.4 Å². The number of nitrogens with zero attached hydrogens (tertiary/aromatic N) is 4. The van der Waals surface area contributed by atoms with E-state index in [-0.39, 0.29) is 11.8 Å². The topological polar surface area (TPSA) is 116 Å². The predicted octanol–water partition coefficient (Wildman–Crippen LogP) is 4.20. The number of pyridine rings is 1. The Hall–Kier alpha value is -3.07. The summed E-state index contributed by atoms with van der Waals surface area (Å²) in [5.41, 5.74) is 9.40. The first-order valence-corrected chi connectivity index (χ1v) is 12.1. The molecule has 3 aromatic heterocycles. The van der Waals surface area contributed by atoms with E-state index >= 15 is 0 Å². The number of nitrogens with one attached hydrogen (secondary N) is 1. The van der Waals surface area contributed by atoms with Gasteiger partial charge in [-0.3, -0.25) is 14.3 Å². The van der Waals surface area contributed by atoms with Gasteiger partial charge in [-0.2, -0.15) is 9.47 Å². The standard InChI is InChI=1S/C24H30N6O2S/c1-13-5-7-16(8-6-13)22(18-11-19(23(25)31)30(4)28-18)24(32)27-20-10-9-17(12-26-20)21-14(2)29-33-15(21)3/h9-13,16,22H,5-8H2,1-4H3,(H2,25,31)(H,26,27,32). The Labute approximate surface area is 197 Å². The fourth-order valence-electron chi connectivity index (χ4n) is 4.80. The van der Waals surface area contributed by atoms with Crippen LogP contribution in [0.4, 0.5) is 5.82 Å². The molecule has 33 heavy (non-hydrogen) atoms. The lowest BCUT2D eigenvalue weighted by molar-refractivity contribution is -0.119. The van der Waals surface area contributed by atoms with Crippen molar-refractivity contribution in [2.24, 2.45) is 24.6 Å². The maximum absolute atomic E-state index is 13.5. The van der Waals surface area contributed by atoms with Crippen molar-refractivity contribution in [2.75, 3.05) is 5.32 Å². The summed E-state index contributed by atoms with van der Waals surface area (Å²) in [4.78, 5) is 30.9. The summed E-state index contributed by atoms with van der Waals surface area (Å²) in [6.45, 7) is 6.27. The fraction of sp³-hybridized carbons (Fsp3) is 0.458. The van der Waals surface area contributed by atoms with Crippen molar-refractivity contribution in [1.82, 2.24) is 19.1 Å². The number of rotatable bonds is 6. The van der Waals surface area contributed by atoms with Crippen LogP contribution in [-0.4, -0.2) is 31.0 Å². The molecule has 1 unspecified atom stereocenters. The third kappa shape index (κ3) is 4.83. The van der Waals surface area contributed by atoms with Crippen molar-refractivity contribution in [1.29, 1.82) is 0 Å². The number of aryl methyl sites for hydroxylation is 3. The highest BCUT2D eigenvalue weighted by atomic mass is 32.1. The van der Waals surface area contributed by atoms with Gasteiger partial charge in [-0.15, -0.1) is 0 Å². The van der Waals surface area contributed by atoms with Crippen LogP contribution in [-0.2, 0) is 11.8 Å². The average Bonchev–Trinajstić information content (AvgIpc) is 3.32. The molecular weight excluding hydrogens is 436 g/mol. The van der Waals surface area contributed by atoms with E-state index in [2.05, 4.69) is 26.7 Å². The molecule has 3 N–H and O–H groups in total. The number of carbonyl (C=O) groups excluding carboxylic acids is 2. The van der Waals surface area contributed by atoms with Gasteiger partial charge in [0.1, 0.15) is 11.5 Å². The van der Waals surface area contributed by atoms with Crippen LogP contribution in [0.5, 0.6) is 0 Å². The number of anilines is 1. The molecule has 174 valence electrons. The molecule has 3 aromatic rings. The van der Waals surface area contributed by atoms with E-state index in [0.29, 0.717) is 23.1 Å². The normalized spacial score (nSPS) is 19.3. The van der Waals surface area contributed by atoms with Gasteiger partial charge < -0.3 is 11.1 Å². The lowest BCUT2D eigenvalue weighted by Crippen LogP contribution is -2.30. The maximum Gasteiger partial charge on any atom is 0.266 e. The van der Waals surface area contributed by atoms with Gasteiger partial charge in [0.25, 0.3) is 5.91 Å². The third-order valence-corrected chi connectivity index (χ3v) is 7.46. The highest BCUT2D eigenvalue weighted by Crippen LogP contribution is 2.38. The van der Waals surface area contributed by atoms with Crippen molar-refractivity contribution in [3.05, 3.63) is 46.4 Å². The van der Waals surface area contributed by atoms with Crippen LogP contribution in [0.15, 0.2) is 24.4 Å². The third-order valence-electron chi connectivity index (χ3n) is 6.62. The molecule has 1 fully saturated rings. The number of amides is 2. The molecule has 2 amide bonds. The van der Waals surface area contributed by atoms with Crippen molar-refractivity contribution in [3.63, 3.8) is 0 Å². The minimum absolute atomic E-state index is 0.151. The van der Waals surface area contributed by atoms with E-state index in [9.17, 15) is 9.59 Å². The van der Waals surface area contributed by atoms with Gasteiger partial charge in [-0.25, -0.2) is 4.98 Å². The number of primary amides is 1. The summed E-state index contributed by atoms with van der Waals surface area (Å²) >= 11 is 1.47. The summed E-state index contributed by atoms with van der Waals surface area (Å²) < 4.78 is 5.86. The molecule has 3 heterocycles. The fourth-order valence-corrected chi connectivity index (χ4v) is 5.52. The van der Waals surface area contributed by atoms with Crippen molar-refractivity contribution >= 4 is 29.2 Å². The number of hydrogen-bond donors (Lipinski definition) is 2. The second-order valence-electron chi connectivity index (χ2n) is 9.06. The Balaban J connectivity index is 1.59. The van der Waals surface area contributed by atoms with Crippen LogP contribution in [0.25, 0.3) is 11.1 Å². The summed E-state index contributed by atoms with van der Waals surface area (Å²) in [6, 6.07) is 5.42. The SMILES string of the molecule is Cc1nsc(C)c1-c1ccc(NC(=O)C(c2cc(C(N)=O)n(C)n2)C2CCC(C)CC2)nc1. The molecule has 9 heteroatoms. The number of nitrogens with two attached hydrogens (primary N) is 1. The van der Waals surface area contributed by atoms with Gasteiger partial charge >= 0.3 is 0 Å². The number of carbonyl (C=O) groups is 2. The molecule has 4 rings (SSSR count). The molecule has 8 nitrogen and oxygen atoms in total. The van der Waals surface area contributed by atoms with Crippen molar-refractivity contribution < 1.29 is 9.59 Å². The molecule has 0 saturated heterocycles. The molecule has 1 aliphatic carbocycles. The summed E-state index contributed by atoms with van der Waals surface area (Å²) in [5.74, 6) is 0.110. The highest BCUT2D eigenvalue weighted by molar-refractivity contribution is 7.06. The van der Waals surface area contributed by atoms with Crippen molar-refractivity contribution in [3.8, 4) is 11.1 Å². The largest absolute Gasteiger partial charge is 0.364 e. The van der Waals surface area contributed by atoms with Gasteiger partial charge in [0.2, 0.25) is 5.91 Å². The van der Waals surface area contributed by atoms with Gasteiger partial charge in [0, 0.05) is 29.2 Å². The maximum atomic E-state index is 13.5. The summed E-state index contributed by atoms with van der Waals surface area (Å²) in [7, 11) is 1.67. The average molecular weight is 467 g/mol. The van der Waals surface area contributed by atoms with E-state index in [1.807, 2.05) is 26.0 Å². The predicted molar refractivity (Wildman–Crippen MR) is 129 cm³/mol. The molecule has 1 aliphatic rings. The zero-order valence-corrected chi connectivity index (χ0v) is 20.3. The van der Waals surface area contributed by atoms with Gasteiger partial charge in [-0.1, -0.05) is 19.8 Å². The first-order valence-electron chi connectivity index (χ1n) is 11.3. The van der Waals surface area contributed by atoms with Gasteiger partial charge in [0.05, 0.1) is 17.3 Å². The van der Waals surface area contributed by atoms with E-state index in [0.717, 1.165) is 47.4 Å². The second kappa shape index (κ2) is 9.43. The molecule has 1 saturated carbocycles. The zero-order valence-electron chi connectivity index (χ0n) is 19.5. The van der Waals surface area contributed by atoms with Crippen LogP contribution in [0.2, 0.25) is 0 Å². The van der Waals surface area contributed by atoms with E-state index < -0.39 is 11.8 Å². The molecule has 0 aliphatic heterocycles. The van der Waals surface area contributed by atoms with Crippen LogP contribution >= 0.6 is 11.5 Å². The summed E-state index contributed by atoms with van der Waals surface area (Å²) in [5, 5.41) is 7.47. The van der Waals surface area contributed by atoms with Crippen LogP contribution in [0.3, 0.4) is 0 Å². The van der Waals surface area contributed by atoms with Crippen LogP contribution in [0.1, 0.15) is 65.3 Å². The Morgan fingerprint density at radius 2 is 1.94 bits per heavy atom. The molecule has 0 bridgehead atoms. The number of aromatic nitrogens is 4. The quantitative estimate of drug-likeness (QED) is 0.565. The second-order valence-corrected chi connectivity index (χ2v) is 10.0.